The molecule has 4 nitrogen and oxygen atoms in total. The van der Waals surface area contributed by atoms with Crippen molar-refractivity contribution in [3.63, 3.8) is 0 Å². The molecule has 1 aromatic carbocycles. The van der Waals surface area contributed by atoms with Crippen molar-refractivity contribution >= 4 is 23.4 Å². The Kier molecular flexibility index (Phi) is 5.16. The van der Waals surface area contributed by atoms with Crippen LogP contribution in [-0.4, -0.2) is 29.0 Å². The Morgan fingerprint density at radius 1 is 1.39 bits per heavy atom. The first-order valence-electron chi connectivity index (χ1n) is 8.32. The maximum atomic E-state index is 12.0. The van der Waals surface area contributed by atoms with Gasteiger partial charge in [0, 0.05) is 23.1 Å². The van der Waals surface area contributed by atoms with Gasteiger partial charge < -0.3 is 16.0 Å². The van der Waals surface area contributed by atoms with E-state index >= 15 is 0 Å². The van der Waals surface area contributed by atoms with Crippen molar-refractivity contribution in [2.75, 3.05) is 11.1 Å². The van der Waals surface area contributed by atoms with E-state index in [0.717, 1.165) is 42.1 Å². The molecule has 1 aromatic rings. The molecule has 3 rings (SSSR count). The minimum Gasteiger partial charge on any atom is -0.367 e. The molecule has 0 saturated carbocycles. The average molecular weight is 331 g/mol. The SMILES string of the molecule is C=C1N[C@H]2CSC(CCCCC(=O)Nc3cccc(C)c3)[C@H]2N1. The molecule has 23 heavy (non-hydrogen) atoms. The summed E-state index contributed by atoms with van der Waals surface area (Å²) in [6.45, 7) is 5.98. The van der Waals surface area contributed by atoms with Crippen LogP contribution in [0.1, 0.15) is 31.2 Å². The first-order valence-corrected chi connectivity index (χ1v) is 9.37. The standard InChI is InChI=1S/C18H25N3OS/c1-12-6-5-7-14(10-12)21-17(22)9-4-3-8-16-18-15(11-23-16)19-13(2)20-18/h5-7,10,15-16,18-20H,2-4,8-9,11H2,1H3,(H,21,22)/t15-,16?,18-/m0/s1. The highest BCUT2D eigenvalue weighted by atomic mass is 32.2. The van der Waals surface area contributed by atoms with Crippen LogP contribution in [0, 0.1) is 6.92 Å². The number of fused-ring (bicyclic) bond motifs is 1. The number of amides is 1. The summed E-state index contributed by atoms with van der Waals surface area (Å²) in [5.74, 6) is 2.22. The van der Waals surface area contributed by atoms with E-state index in [1.165, 1.54) is 0 Å². The molecule has 3 N–H and O–H groups in total. The summed E-state index contributed by atoms with van der Waals surface area (Å²) in [6.07, 6.45) is 3.79. The molecule has 0 radical (unpaired) electrons. The van der Waals surface area contributed by atoms with Crippen molar-refractivity contribution in [1.82, 2.24) is 10.6 Å². The summed E-state index contributed by atoms with van der Waals surface area (Å²) >= 11 is 2.03. The average Bonchev–Trinajstić information content (AvgIpc) is 3.03. The van der Waals surface area contributed by atoms with E-state index in [9.17, 15) is 4.79 Å². The van der Waals surface area contributed by atoms with Crippen molar-refractivity contribution in [2.45, 2.75) is 49.9 Å². The van der Waals surface area contributed by atoms with Gasteiger partial charge in [0.1, 0.15) is 0 Å². The number of hydrogen-bond donors (Lipinski definition) is 3. The topological polar surface area (TPSA) is 53.2 Å². The highest BCUT2D eigenvalue weighted by Crippen LogP contribution is 2.34. The van der Waals surface area contributed by atoms with Crippen LogP contribution in [0.25, 0.3) is 0 Å². The number of anilines is 1. The minimum absolute atomic E-state index is 0.113. The number of hydrogen-bond acceptors (Lipinski definition) is 4. The molecule has 1 unspecified atom stereocenters. The summed E-state index contributed by atoms with van der Waals surface area (Å²) in [4.78, 5) is 12.0. The number of thioether (sulfide) groups is 1. The van der Waals surface area contributed by atoms with Crippen LogP contribution in [0.5, 0.6) is 0 Å². The number of nitrogens with one attached hydrogen (secondary N) is 3. The molecule has 5 heteroatoms. The maximum Gasteiger partial charge on any atom is 0.224 e. The number of benzene rings is 1. The number of carbonyl (C=O) groups excluding carboxylic acids is 1. The Balaban J connectivity index is 1.35. The van der Waals surface area contributed by atoms with E-state index in [4.69, 9.17) is 0 Å². The maximum absolute atomic E-state index is 12.0. The predicted molar refractivity (Wildman–Crippen MR) is 97.5 cm³/mol. The van der Waals surface area contributed by atoms with Gasteiger partial charge in [-0.2, -0.15) is 11.8 Å². The van der Waals surface area contributed by atoms with Crippen LogP contribution in [-0.2, 0) is 4.79 Å². The highest BCUT2D eigenvalue weighted by Gasteiger charge is 2.40. The predicted octanol–water partition coefficient (Wildman–Crippen LogP) is 3.01. The molecular formula is C18H25N3OS. The molecule has 0 bridgehead atoms. The van der Waals surface area contributed by atoms with Crippen LogP contribution < -0.4 is 16.0 Å². The smallest absolute Gasteiger partial charge is 0.224 e. The first kappa shape index (κ1) is 16.2. The Morgan fingerprint density at radius 2 is 2.26 bits per heavy atom. The number of rotatable bonds is 6. The van der Waals surface area contributed by atoms with Gasteiger partial charge in [0.15, 0.2) is 0 Å². The fourth-order valence-electron chi connectivity index (χ4n) is 3.33. The van der Waals surface area contributed by atoms with Crippen LogP contribution in [0.3, 0.4) is 0 Å². The second kappa shape index (κ2) is 7.30. The second-order valence-corrected chi connectivity index (χ2v) is 7.71. The van der Waals surface area contributed by atoms with Gasteiger partial charge in [0.2, 0.25) is 5.91 Å². The Hall–Kier alpha value is -1.62. The Bertz CT molecular complexity index is 589. The lowest BCUT2D eigenvalue weighted by Crippen LogP contribution is -2.36. The Morgan fingerprint density at radius 3 is 3.09 bits per heavy atom. The zero-order valence-corrected chi connectivity index (χ0v) is 14.4. The molecule has 0 aromatic heterocycles. The van der Waals surface area contributed by atoms with E-state index in [2.05, 4.69) is 22.5 Å². The summed E-state index contributed by atoms with van der Waals surface area (Å²) in [6, 6.07) is 8.97. The molecule has 0 aliphatic carbocycles. The van der Waals surface area contributed by atoms with Crippen LogP contribution in [0.2, 0.25) is 0 Å². The van der Waals surface area contributed by atoms with Gasteiger partial charge in [0.25, 0.3) is 0 Å². The number of aryl methyl sites for hydroxylation is 1. The molecule has 1 amide bonds. The number of unbranched alkanes of at least 4 members (excludes halogenated alkanes) is 1. The zero-order valence-electron chi connectivity index (χ0n) is 13.6. The molecule has 2 aliphatic heterocycles. The van der Waals surface area contributed by atoms with Crippen molar-refractivity contribution in [3.8, 4) is 0 Å². The summed E-state index contributed by atoms with van der Waals surface area (Å²) in [5, 5.41) is 10.5. The van der Waals surface area contributed by atoms with Gasteiger partial charge in [-0.1, -0.05) is 25.1 Å². The molecule has 2 fully saturated rings. The van der Waals surface area contributed by atoms with Gasteiger partial charge in [-0.15, -0.1) is 0 Å². The quantitative estimate of drug-likeness (QED) is 0.702. The monoisotopic (exact) mass is 331 g/mol. The zero-order chi connectivity index (χ0) is 16.2. The van der Waals surface area contributed by atoms with E-state index in [0.29, 0.717) is 23.8 Å². The Labute approximate surface area is 142 Å². The van der Waals surface area contributed by atoms with E-state index in [1.807, 2.05) is 43.0 Å². The molecular weight excluding hydrogens is 306 g/mol. The first-order chi connectivity index (χ1) is 11.1. The van der Waals surface area contributed by atoms with E-state index in [1.54, 1.807) is 0 Å². The lowest BCUT2D eigenvalue weighted by molar-refractivity contribution is -0.116. The van der Waals surface area contributed by atoms with Gasteiger partial charge in [0.05, 0.1) is 17.9 Å². The number of carbonyl (C=O) groups is 1. The fourth-order valence-corrected chi connectivity index (χ4v) is 4.87. The van der Waals surface area contributed by atoms with E-state index < -0.39 is 0 Å². The molecule has 0 spiro atoms. The third-order valence-electron chi connectivity index (χ3n) is 4.47. The van der Waals surface area contributed by atoms with Crippen molar-refractivity contribution in [3.05, 3.63) is 42.2 Å². The lowest BCUT2D eigenvalue weighted by atomic mass is 10.0. The minimum atomic E-state index is 0.113. The molecule has 124 valence electrons. The van der Waals surface area contributed by atoms with Crippen LogP contribution in [0.4, 0.5) is 5.69 Å². The van der Waals surface area contributed by atoms with Gasteiger partial charge in [-0.05, 0) is 37.5 Å². The summed E-state index contributed by atoms with van der Waals surface area (Å²) < 4.78 is 0. The van der Waals surface area contributed by atoms with Crippen LogP contribution >= 0.6 is 11.8 Å². The van der Waals surface area contributed by atoms with Crippen molar-refractivity contribution in [2.24, 2.45) is 0 Å². The molecule has 2 aliphatic rings. The van der Waals surface area contributed by atoms with Crippen molar-refractivity contribution in [1.29, 1.82) is 0 Å². The second-order valence-electron chi connectivity index (χ2n) is 6.43. The largest absolute Gasteiger partial charge is 0.367 e. The third kappa shape index (κ3) is 4.22. The van der Waals surface area contributed by atoms with Gasteiger partial charge >= 0.3 is 0 Å². The van der Waals surface area contributed by atoms with Crippen molar-refractivity contribution < 1.29 is 4.79 Å². The summed E-state index contributed by atoms with van der Waals surface area (Å²) in [7, 11) is 0. The molecule has 2 heterocycles. The van der Waals surface area contributed by atoms with E-state index in [-0.39, 0.29) is 5.91 Å². The molecule has 3 atom stereocenters. The fraction of sp³-hybridized carbons (Fsp3) is 0.500. The lowest BCUT2D eigenvalue weighted by Gasteiger charge is -2.17. The highest BCUT2D eigenvalue weighted by molar-refractivity contribution is 8.00. The van der Waals surface area contributed by atoms with Crippen LogP contribution in [0.15, 0.2) is 36.7 Å². The normalized spacial score (nSPS) is 25.6. The third-order valence-corrected chi connectivity index (χ3v) is 5.98. The molecule has 2 saturated heterocycles. The summed E-state index contributed by atoms with van der Waals surface area (Å²) in [5.41, 5.74) is 2.05. The van der Waals surface area contributed by atoms with Gasteiger partial charge in [-0.3, -0.25) is 4.79 Å². The van der Waals surface area contributed by atoms with Gasteiger partial charge in [-0.25, -0.2) is 0 Å².